The first-order valence-electron chi connectivity index (χ1n) is 3.09. The summed E-state index contributed by atoms with van der Waals surface area (Å²) < 4.78 is 0. The normalized spacial score (nSPS) is 11.9. The van der Waals surface area contributed by atoms with Gasteiger partial charge in [-0.15, -0.1) is 6.42 Å². The van der Waals surface area contributed by atoms with Gasteiger partial charge in [0.2, 0.25) is 0 Å². The maximum atomic E-state index is 4.99. The quantitative estimate of drug-likeness (QED) is 0.388. The molecule has 0 saturated carbocycles. The van der Waals surface area contributed by atoms with Gasteiger partial charge in [-0.05, 0) is 19.4 Å². The zero-order valence-corrected chi connectivity index (χ0v) is 6.02. The Bertz CT molecular complexity index is 153. The second-order valence-corrected chi connectivity index (χ2v) is 1.89. The third-order valence-electron chi connectivity index (χ3n) is 1.13. The van der Waals surface area contributed by atoms with Crippen LogP contribution in [-0.2, 0) is 0 Å². The summed E-state index contributed by atoms with van der Waals surface area (Å²) in [6.45, 7) is 4.20. The van der Waals surface area contributed by atoms with Gasteiger partial charge >= 0.3 is 0 Å². The van der Waals surface area contributed by atoms with E-state index in [0.29, 0.717) is 0 Å². The van der Waals surface area contributed by atoms with Crippen molar-refractivity contribution in [3.63, 3.8) is 0 Å². The summed E-state index contributed by atoms with van der Waals surface area (Å²) in [5, 5.41) is 0. The third-order valence-corrected chi connectivity index (χ3v) is 1.13. The summed E-state index contributed by atoms with van der Waals surface area (Å²) in [6, 6.07) is 0. The molecule has 9 heavy (non-hydrogen) atoms. The van der Waals surface area contributed by atoms with Crippen molar-refractivity contribution in [3.05, 3.63) is 23.8 Å². The molecule has 0 fully saturated rings. The van der Waals surface area contributed by atoms with Crippen molar-refractivity contribution in [1.29, 1.82) is 0 Å². The highest BCUT2D eigenvalue weighted by Crippen LogP contribution is 1.96. The van der Waals surface area contributed by atoms with Crippen LogP contribution in [0.1, 0.15) is 20.3 Å². The summed E-state index contributed by atoms with van der Waals surface area (Å²) in [7, 11) is 0. The molecule has 0 spiro atoms. The van der Waals surface area contributed by atoms with E-state index in [0.717, 1.165) is 6.42 Å². The molecule has 0 radical (unpaired) electrons. The SMILES string of the molecule is C#C/C=C\C=C(/C)CC. The summed E-state index contributed by atoms with van der Waals surface area (Å²) in [5.41, 5.74) is 1.35. The van der Waals surface area contributed by atoms with Gasteiger partial charge in [0.25, 0.3) is 0 Å². The maximum Gasteiger partial charge on any atom is -0.0122 e. The van der Waals surface area contributed by atoms with Crippen LogP contribution in [-0.4, -0.2) is 0 Å². The van der Waals surface area contributed by atoms with E-state index >= 15 is 0 Å². The second kappa shape index (κ2) is 5.18. The highest BCUT2D eigenvalue weighted by atomic mass is 13.8. The minimum Gasteiger partial charge on any atom is -0.115 e. The van der Waals surface area contributed by atoms with Crippen LogP contribution in [0, 0.1) is 12.3 Å². The summed E-state index contributed by atoms with van der Waals surface area (Å²) in [5.74, 6) is 2.42. The molecule has 0 aromatic carbocycles. The first kappa shape index (κ1) is 8.04. The van der Waals surface area contributed by atoms with Crippen LogP contribution in [0.5, 0.6) is 0 Å². The second-order valence-electron chi connectivity index (χ2n) is 1.89. The molecule has 0 amide bonds. The summed E-state index contributed by atoms with van der Waals surface area (Å²) in [6.07, 6.45) is 11.7. The minimum atomic E-state index is 1.09. The van der Waals surface area contributed by atoms with Gasteiger partial charge in [-0.25, -0.2) is 0 Å². The average Bonchev–Trinajstić information content (AvgIpc) is 1.89. The monoisotopic (exact) mass is 120 g/mol. The Morgan fingerprint density at radius 2 is 2.33 bits per heavy atom. The van der Waals surface area contributed by atoms with Crippen LogP contribution in [0.4, 0.5) is 0 Å². The molecule has 0 bridgehead atoms. The van der Waals surface area contributed by atoms with Crippen molar-refractivity contribution in [2.24, 2.45) is 0 Å². The topological polar surface area (TPSA) is 0 Å². The van der Waals surface area contributed by atoms with E-state index in [-0.39, 0.29) is 0 Å². The highest BCUT2D eigenvalue weighted by molar-refractivity contribution is 5.18. The molecule has 0 heteroatoms. The highest BCUT2D eigenvalue weighted by Gasteiger charge is 1.76. The average molecular weight is 120 g/mol. The fourth-order valence-electron chi connectivity index (χ4n) is 0.386. The fourth-order valence-corrected chi connectivity index (χ4v) is 0.386. The van der Waals surface area contributed by atoms with Gasteiger partial charge in [0.05, 0.1) is 0 Å². The largest absolute Gasteiger partial charge is 0.115 e. The Morgan fingerprint density at radius 1 is 1.67 bits per heavy atom. The molecule has 0 nitrogen and oxygen atoms in total. The predicted molar refractivity (Wildman–Crippen MR) is 42.0 cm³/mol. The molecular formula is C9H12. The predicted octanol–water partition coefficient (Wildman–Crippen LogP) is 2.53. The van der Waals surface area contributed by atoms with Crippen molar-refractivity contribution in [1.82, 2.24) is 0 Å². The lowest BCUT2D eigenvalue weighted by Crippen LogP contribution is -1.66. The van der Waals surface area contributed by atoms with Gasteiger partial charge < -0.3 is 0 Å². The molecule has 0 aliphatic carbocycles. The lowest BCUT2D eigenvalue weighted by molar-refractivity contribution is 1.10. The van der Waals surface area contributed by atoms with Crippen LogP contribution in [0.25, 0.3) is 0 Å². The van der Waals surface area contributed by atoms with Crippen LogP contribution >= 0.6 is 0 Å². The van der Waals surface area contributed by atoms with Crippen molar-refractivity contribution in [2.75, 3.05) is 0 Å². The lowest BCUT2D eigenvalue weighted by Gasteiger charge is -1.86. The van der Waals surface area contributed by atoms with Crippen molar-refractivity contribution < 1.29 is 0 Å². The number of rotatable bonds is 2. The molecule has 0 heterocycles. The Kier molecular flexibility index (Phi) is 4.63. The van der Waals surface area contributed by atoms with Crippen molar-refractivity contribution >= 4 is 0 Å². The van der Waals surface area contributed by atoms with Crippen LogP contribution in [0.3, 0.4) is 0 Å². The minimum absolute atomic E-state index is 1.09. The molecule has 0 atom stereocenters. The van der Waals surface area contributed by atoms with Gasteiger partial charge in [-0.3, -0.25) is 0 Å². The van der Waals surface area contributed by atoms with E-state index in [1.165, 1.54) is 5.57 Å². The number of hydrogen-bond acceptors (Lipinski definition) is 0. The summed E-state index contributed by atoms with van der Waals surface area (Å²) in [4.78, 5) is 0. The number of terminal acetylenes is 1. The van der Waals surface area contributed by atoms with E-state index in [1.807, 2.05) is 12.2 Å². The zero-order chi connectivity index (χ0) is 7.11. The van der Waals surface area contributed by atoms with Gasteiger partial charge in [0, 0.05) is 0 Å². The molecule has 0 aromatic rings. The van der Waals surface area contributed by atoms with E-state index < -0.39 is 0 Å². The molecular weight excluding hydrogens is 108 g/mol. The fraction of sp³-hybridized carbons (Fsp3) is 0.333. The molecule has 0 aliphatic rings. The maximum absolute atomic E-state index is 4.99. The van der Waals surface area contributed by atoms with Gasteiger partial charge in [-0.2, -0.15) is 0 Å². The van der Waals surface area contributed by atoms with Crippen molar-refractivity contribution in [2.45, 2.75) is 20.3 Å². The first-order valence-corrected chi connectivity index (χ1v) is 3.09. The third kappa shape index (κ3) is 4.90. The molecule has 0 saturated heterocycles. The molecule has 48 valence electrons. The van der Waals surface area contributed by atoms with Crippen molar-refractivity contribution in [3.8, 4) is 12.3 Å². The summed E-state index contributed by atoms with van der Waals surface area (Å²) >= 11 is 0. The van der Waals surface area contributed by atoms with E-state index in [2.05, 4.69) is 19.8 Å². The molecule has 0 unspecified atom stereocenters. The molecule has 0 aliphatic heterocycles. The smallest absolute Gasteiger partial charge is 0.0122 e. The number of allylic oxidation sites excluding steroid dienone is 4. The molecule has 0 aromatic heterocycles. The number of hydrogen-bond donors (Lipinski definition) is 0. The Hall–Kier alpha value is -0.960. The van der Waals surface area contributed by atoms with Gasteiger partial charge in [0.15, 0.2) is 0 Å². The van der Waals surface area contributed by atoms with E-state index in [9.17, 15) is 0 Å². The van der Waals surface area contributed by atoms with E-state index in [1.54, 1.807) is 6.08 Å². The zero-order valence-electron chi connectivity index (χ0n) is 6.02. The van der Waals surface area contributed by atoms with Gasteiger partial charge in [-0.1, -0.05) is 30.6 Å². The lowest BCUT2D eigenvalue weighted by atomic mass is 10.2. The van der Waals surface area contributed by atoms with Gasteiger partial charge in [0.1, 0.15) is 0 Å². The molecule has 0 rings (SSSR count). The van der Waals surface area contributed by atoms with Crippen LogP contribution in [0.2, 0.25) is 0 Å². The standard InChI is InChI=1S/C9H12/c1-4-6-7-8-9(3)5-2/h1,6-8H,5H2,2-3H3/b7-6-,9-8+. The van der Waals surface area contributed by atoms with Crippen LogP contribution in [0.15, 0.2) is 23.8 Å². The Morgan fingerprint density at radius 3 is 2.78 bits per heavy atom. The van der Waals surface area contributed by atoms with Crippen LogP contribution < -0.4 is 0 Å². The Labute approximate surface area is 57.3 Å². The first-order chi connectivity index (χ1) is 4.31. The van der Waals surface area contributed by atoms with E-state index in [4.69, 9.17) is 6.42 Å². The molecule has 0 N–H and O–H groups in total. The Balaban J connectivity index is 3.72.